The molecule has 1 amide bonds. The average Bonchev–Trinajstić information content (AvgIpc) is 3.06. The minimum Gasteiger partial charge on any atom is -0.482 e. The third-order valence-electron chi connectivity index (χ3n) is 4.43. The van der Waals surface area contributed by atoms with Crippen LogP contribution in [-0.2, 0) is 4.79 Å². The Kier molecular flexibility index (Phi) is 5.64. The van der Waals surface area contributed by atoms with E-state index in [-0.39, 0.29) is 12.5 Å². The van der Waals surface area contributed by atoms with Crippen molar-refractivity contribution in [2.24, 2.45) is 0 Å². The van der Waals surface area contributed by atoms with Gasteiger partial charge in [-0.3, -0.25) is 9.69 Å². The summed E-state index contributed by atoms with van der Waals surface area (Å²) in [6.07, 6.45) is 1.03. The molecule has 126 valence electrons. The number of piperazine rings is 1. The third kappa shape index (κ3) is 4.29. The summed E-state index contributed by atoms with van der Waals surface area (Å²) in [4.78, 5) is 16.7. The molecule has 0 radical (unpaired) electrons. The SMILES string of the molecule is O=C(COc1cc(Cl)ccc1Cl)N1CCC(N2CCNCC2)C1. The van der Waals surface area contributed by atoms with Crippen LogP contribution in [0.25, 0.3) is 0 Å². The van der Waals surface area contributed by atoms with Crippen molar-refractivity contribution in [2.45, 2.75) is 12.5 Å². The highest BCUT2D eigenvalue weighted by Gasteiger charge is 2.31. The van der Waals surface area contributed by atoms with Gasteiger partial charge in [0.1, 0.15) is 5.75 Å². The second-order valence-electron chi connectivity index (χ2n) is 5.93. The molecule has 1 aromatic carbocycles. The van der Waals surface area contributed by atoms with Gasteiger partial charge in [-0.1, -0.05) is 23.2 Å². The van der Waals surface area contributed by atoms with Gasteiger partial charge in [0.05, 0.1) is 5.02 Å². The number of nitrogens with one attached hydrogen (secondary N) is 1. The van der Waals surface area contributed by atoms with E-state index in [0.717, 1.165) is 45.7 Å². The fourth-order valence-corrected chi connectivity index (χ4v) is 3.47. The van der Waals surface area contributed by atoms with E-state index in [1.807, 2.05) is 4.90 Å². The molecule has 0 aromatic heterocycles. The fraction of sp³-hybridized carbons (Fsp3) is 0.562. The first-order valence-corrected chi connectivity index (χ1v) is 8.69. The molecule has 7 heteroatoms. The molecular weight excluding hydrogens is 337 g/mol. The van der Waals surface area contributed by atoms with Crippen molar-refractivity contribution in [3.8, 4) is 5.75 Å². The molecule has 2 aliphatic heterocycles. The number of ether oxygens (including phenoxy) is 1. The van der Waals surface area contributed by atoms with E-state index in [0.29, 0.717) is 21.8 Å². The summed E-state index contributed by atoms with van der Waals surface area (Å²) in [7, 11) is 0. The predicted octanol–water partition coefficient (Wildman–Crippen LogP) is 1.88. The molecule has 5 nitrogen and oxygen atoms in total. The van der Waals surface area contributed by atoms with Crippen LogP contribution in [0.15, 0.2) is 18.2 Å². The van der Waals surface area contributed by atoms with Gasteiger partial charge in [0.2, 0.25) is 0 Å². The quantitative estimate of drug-likeness (QED) is 0.893. The van der Waals surface area contributed by atoms with E-state index in [1.54, 1.807) is 18.2 Å². The van der Waals surface area contributed by atoms with Crippen LogP contribution in [-0.4, -0.2) is 67.6 Å². The number of carbonyl (C=O) groups excluding carboxylic acids is 1. The maximum absolute atomic E-state index is 12.3. The Bertz CT molecular complexity index is 564. The average molecular weight is 358 g/mol. The second kappa shape index (κ2) is 7.71. The normalized spacial score (nSPS) is 22.3. The molecule has 0 aliphatic carbocycles. The lowest BCUT2D eigenvalue weighted by molar-refractivity contribution is -0.132. The summed E-state index contributed by atoms with van der Waals surface area (Å²) in [6, 6.07) is 5.46. The van der Waals surface area contributed by atoms with E-state index in [2.05, 4.69) is 10.2 Å². The Morgan fingerprint density at radius 3 is 2.83 bits per heavy atom. The van der Waals surface area contributed by atoms with Crippen LogP contribution in [0, 0.1) is 0 Å². The summed E-state index contributed by atoms with van der Waals surface area (Å²) in [5, 5.41) is 4.35. The predicted molar refractivity (Wildman–Crippen MR) is 91.4 cm³/mol. The van der Waals surface area contributed by atoms with Crippen molar-refractivity contribution in [1.82, 2.24) is 15.1 Å². The number of benzene rings is 1. The van der Waals surface area contributed by atoms with Gasteiger partial charge >= 0.3 is 0 Å². The molecule has 0 spiro atoms. The fourth-order valence-electron chi connectivity index (χ4n) is 3.13. The first kappa shape index (κ1) is 16.8. The zero-order valence-corrected chi connectivity index (χ0v) is 14.4. The smallest absolute Gasteiger partial charge is 0.260 e. The van der Waals surface area contributed by atoms with Crippen molar-refractivity contribution in [2.75, 3.05) is 45.9 Å². The van der Waals surface area contributed by atoms with Crippen LogP contribution in [0.1, 0.15) is 6.42 Å². The first-order chi connectivity index (χ1) is 11.1. The van der Waals surface area contributed by atoms with Gasteiger partial charge in [-0.25, -0.2) is 0 Å². The number of hydrogen-bond acceptors (Lipinski definition) is 4. The van der Waals surface area contributed by atoms with Crippen molar-refractivity contribution >= 4 is 29.1 Å². The molecule has 0 bridgehead atoms. The molecule has 2 saturated heterocycles. The summed E-state index contributed by atoms with van der Waals surface area (Å²) >= 11 is 12.0. The van der Waals surface area contributed by atoms with Crippen molar-refractivity contribution in [3.63, 3.8) is 0 Å². The molecule has 1 aromatic rings. The van der Waals surface area contributed by atoms with Gasteiger partial charge in [0.25, 0.3) is 5.91 Å². The summed E-state index contributed by atoms with van der Waals surface area (Å²) in [5.74, 6) is 0.448. The maximum atomic E-state index is 12.3. The second-order valence-corrected chi connectivity index (χ2v) is 6.78. The topological polar surface area (TPSA) is 44.8 Å². The lowest BCUT2D eigenvalue weighted by Crippen LogP contribution is -2.49. The monoisotopic (exact) mass is 357 g/mol. The molecule has 2 aliphatic rings. The minimum absolute atomic E-state index is 0.00123. The standard InChI is InChI=1S/C16H21Cl2N3O2/c17-12-1-2-14(18)15(9-12)23-11-16(22)21-6-3-13(10-21)20-7-4-19-5-8-20/h1-2,9,13,19H,3-8,10-11H2. The van der Waals surface area contributed by atoms with E-state index in [1.165, 1.54) is 0 Å². The summed E-state index contributed by atoms with van der Waals surface area (Å²) in [5.41, 5.74) is 0. The minimum atomic E-state index is -0.00562. The number of carbonyl (C=O) groups is 1. The zero-order valence-electron chi connectivity index (χ0n) is 12.9. The number of rotatable bonds is 4. The van der Waals surface area contributed by atoms with Gasteiger partial charge in [0.15, 0.2) is 6.61 Å². The number of hydrogen-bond donors (Lipinski definition) is 1. The van der Waals surface area contributed by atoms with Crippen LogP contribution in [0.3, 0.4) is 0 Å². The Morgan fingerprint density at radius 2 is 2.04 bits per heavy atom. The number of halogens is 2. The number of nitrogens with zero attached hydrogens (tertiary/aromatic N) is 2. The van der Waals surface area contributed by atoms with Gasteiger partial charge in [-0.15, -0.1) is 0 Å². The van der Waals surface area contributed by atoms with E-state index in [9.17, 15) is 4.79 Å². The molecular formula is C16H21Cl2N3O2. The van der Waals surface area contributed by atoms with Crippen molar-refractivity contribution in [1.29, 1.82) is 0 Å². The summed E-state index contributed by atoms with van der Waals surface area (Å²) in [6.45, 7) is 5.74. The highest BCUT2D eigenvalue weighted by atomic mass is 35.5. The van der Waals surface area contributed by atoms with Crippen molar-refractivity contribution < 1.29 is 9.53 Å². The largest absolute Gasteiger partial charge is 0.482 e. The molecule has 23 heavy (non-hydrogen) atoms. The molecule has 1 N–H and O–H groups in total. The lowest BCUT2D eigenvalue weighted by Gasteiger charge is -2.32. The number of likely N-dealkylation sites (tertiary alicyclic amines) is 1. The van der Waals surface area contributed by atoms with E-state index >= 15 is 0 Å². The molecule has 3 rings (SSSR count). The lowest BCUT2D eigenvalue weighted by atomic mass is 10.2. The molecule has 0 saturated carbocycles. The Morgan fingerprint density at radius 1 is 1.26 bits per heavy atom. The van der Waals surface area contributed by atoms with Crippen LogP contribution >= 0.6 is 23.2 Å². The Balaban J connectivity index is 1.50. The van der Waals surface area contributed by atoms with E-state index in [4.69, 9.17) is 27.9 Å². The third-order valence-corrected chi connectivity index (χ3v) is 4.98. The molecule has 2 fully saturated rings. The maximum Gasteiger partial charge on any atom is 0.260 e. The summed E-state index contributed by atoms with van der Waals surface area (Å²) < 4.78 is 5.54. The van der Waals surface area contributed by atoms with Crippen LogP contribution < -0.4 is 10.1 Å². The Labute approximate surface area is 146 Å². The molecule has 2 heterocycles. The first-order valence-electron chi connectivity index (χ1n) is 7.94. The van der Waals surface area contributed by atoms with Crippen LogP contribution in [0.5, 0.6) is 5.75 Å². The van der Waals surface area contributed by atoms with Crippen molar-refractivity contribution in [3.05, 3.63) is 28.2 Å². The molecule has 1 unspecified atom stereocenters. The zero-order chi connectivity index (χ0) is 16.2. The number of amides is 1. The van der Waals surface area contributed by atoms with Crippen LogP contribution in [0.4, 0.5) is 0 Å². The highest BCUT2D eigenvalue weighted by molar-refractivity contribution is 6.34. The van der Waals surface area contributed by atoms with Gasteiger partial charge in [-0.05, 0) is 18.6 Å². The highest BCUT2D eigenvalue weighted by Crippen LogP contribution is 2.27. The Hall–Kier alpha value is -1.01. The van der Waals surface area contributed by atoms with Gasteiger partial charge in [-0.2, -0.15) is 0 Å². The van der Waals surface area contributed by atoms with Gasteiger partial charge < -0.3 is 15.0 Å². The van der Waals surface area contributed by atoms with Gasteiger partial charge in [0, 0.05) is 56.4 Å². The van der Waals surface area contributed by atoms with E-state index < -0.39 is 0 Å². The molecule has 1 atom stereocenters. The van der Waals surface area contributed by atoms with Crippen LogP contribution in [0.2, 0.25) is 10.0 Å².